The summed E-state index contributed by atoms with van der Waals surface area (Å²) in [6.07, 6.45) is 5.09. The molecule has 0 radical (unpaired) electrons. The molecule has 1 rings (SSSR count). The van der Waals surface area contributed by atoms with E-state index in [-0.39, 0.29) is 12.4 Å². The monoisotopic (exact) mass is 214 g/mol. The first kappa shape index (κ1) is 12.3. The zero-order valence-electron chi connectivity index (χ0n) is 7.06. The summed E-state index contributed by atoms with van der Waals surface area (Å²) in [7, 11) is 0. The highest BCUT2D eigenvalue weighted by Gasteiger charge is 1.95. The summed E-state index contributed by atoms with van der Waals surface area (Å²) < 4.78 is 0. The van der Waals surface area contributed by atoms with Crippen molar-refractivity contribution in [1.82, 2.24) is 5.32 Å². The van der Waals surface area contributed by atoms with Gasteiger partial charge in [-0.2, -0.15) is 0 Å². The van der Waals surface area contributed by atoms with Crippen molar-refractivity contribution in [2.45, 2.75) is 6.54 Å². The van der Waals surface area contributed by atoms with Crippen LogP contribution in [-0.4, -0.2) is 6.54 Å². The van der Waals surface area contributed by atoms with Gasteiger partial charge < -0.3 is 17.7 Å². The molecule has 1 nitrogen and oxygen atoms in total. The van der Waals surface area contributed by atoms with Crippen molar-refractivity contribution >= 4 is 11.6 Å². The lowest BCUT2D eigenvalue weighted by Crippen LogP contribution is -3.00. The highest BCUT2D eigenvalue weighted by Crippen LogP contribution is 2.13. The molecule has 0 bridgehead atoms. The molecule has 0 aliphatic carbocycles. The van der Waals surface area contributed by atoms with Crippen molar-refractivity contribution in [3.05, 3.63) is 34.9 Å². The second kappa shape index (κ2) is 6.80. The van der Waals surface area contributed by atoms with E-state index in [9.17, 15) is 0 Å². The molecule has 0 spiro atoms. The predicted octanol–water partition coefficient (Wildman–Crippen LogP) is -0.933. The minimum absolute atomic E-state index is 0. The molecule has 70 valence electrons. The van der Waals surface area contributed by atoms with E-state index in [4.69, 9.17) is 18.0 Å². The van der Waals surface area contributed by atoms with Gasteiger partial charge in [-0.15, -0.1) is 6.42 Å². The molecule has 1 aromatic rings. The van der Waals surface area contributed by atoms with Crippen LogP contribution in [0.5, 0.6) is 0 Å². The highest BCUT2D eigenvalue weighted by atomic mass is 35.5. The van der Waals surface area contributed by atoms with E-state index in [0.717, 1.165) is 17.1 Å². The second-order valence-electron chi connectivity index (χ2n) is 2.40. The molecule has 13 heavy (non-hydrogen) atoms. The van der Waals surface area contributed by atoms with Gasteiger partial charge in [0.2, 0.25) is 0 Å². The zero-order chi connectivity index (χ0) is 8.81. The van der Waals surface area contributed by atoms with Gasteiger partial charge in [0.25, 0.3) is 0 Å². The molecule has 0 atom stereocenters. The quantitative estimate of drug-likeness (QED) is 0.507. The van der Waals surface area contributed by atoms with Crippen LogP contribution in [0.3, 0.4) is 0 Å². The van der Waals surface area contributed by atoms with Crippen LogP contribution >= 0.6 is 11.6 Å². The average Bonchev–Trinajstić information content (AvgIpc) is 2.09. The van der Waals surface area contributed by atoms with Crippen molar-refractivity contribution < 1.29 is 12.4 Å². The van der Waals surface area contributed by atoms with E-state index in [1.54, 1.807) is 0 Å². The Balaban J connectivity index is 0.00000144. The summed E-state index contributed by atoms with van der Waals surface area (Å²) in [5.74, 6) is 2.50. The summed E-state index contributed by atoms with van der Waals surface area (Å²) in [4.78, 5) is 0. The Morgan fingerprint density at radius 1 is 1.38 bits per heavy atom. The number of rotatable bonds is 3. The van der Waals surface area contributed by atoms with Gasteiger partial charge in [-0.3, -0.25) is 0 Å². The Kier molecular flexibility index (Phi) is 6.44. The molecular formula is C10H10Cl2N-. The predicted molar refractivity (Wildman–Crippen MR) is 52.0 cm³/mol. The number of nitrogens with one attached hydrogen (secondary N) is 1. The van der Waals surface area contributed by atoms with E-state index >= 15 is 0 Å². The van der Waals surface area contributed by atoms with E-state index in [1.165, 1.54) is 0 Å². The Morgan fingerprint density at radius 2 is 2.08 bits per heavy atom. The van der Waals surface area contributed by atoms with Gasteiger partial charge in [-0.1, -0.05) is 35.7 Å². The molecule has 3 heteroatoms. The molecule has 0 amide bonds. The van der Waals surface area contributed by atoms with Crippen LogP contribution in [0.1, 0.15) is 5.56 Å². The average molecular weight is 215 g/mol. The largest absolute Gasteiger partial charge is 1.00 e. The first-order valence-corrected chi connectivity index (χ1v) is 4.10. The van der Waals surface area contributed by atoms with Crippen molar-refractivity contribution in [3.63, 3.8) is 0 Å². The third kappa shape index (κ3) is 4.19. The van der Waals surface area contributed by atoms with Gasteiger partial charge >= 0.3 is 0 Å². The fourth-order valence-corrected chi connectivity index (χ4v) is 1.11. The summed E-state index contributed by atoms with van der Waals surface area (Å²) in [5, 5.41) is 3.85. The van der Waals surface area contributed by atoms with Crippen LogP contribution in [-0.2, 0) is 6.54 Å². The summed E-state index contributed by atoms with van der Waals surface area (Å²) in [6.45, 7) is 1.30. The van der Waals surface area contributed by atoms with E-state index in [2.05, 4.69) is 11.2 Å². The van der Waals surface area contributed by atoms with Gasteiger partial charge in [0.05, 0.1) is 6.54 Å². The van der Waals surface area contributed by atoms with Crippen molar-refractivity contribution in [2.75, 3.05) is 6.54 Å². The lowest BCUT2D eigenvalue weighted by atomic mass is 10.2. The third-order valence-electron chi connectivity index (χ3n) is 1.50. The van der Waals surface area contributed by atoms with Crippen molar-refractivity contribution in [1.29, 1.82) is 0 Å². The smallest absolute Gasteiger partial charge is 0.0576 e. The van der Waals surface area contributed by atoms with Gasteiger partial charge in [-0.25, -0.2) is 0 Å². The lowest BCUT2D eigenvalue weighted by Gasteiger charge is -2.02. The van der Waals surface area contributed by atoms with Crippen molar-refractivity contribution in [3.8, 4) is 12.3 Å². The van der Waals surface area contributed by atoms with Crippen LogP contribution in [0.4, 0.5) is 0 Å². The molecule has 0 unspecified atom stereocenters. The van der Waals surface area contributed by atoms with Gasteiger partial charge in [-0.05, 0) is 11.6 Å². The Hall–Kier alpha value is -0.680. The van der Waals surface area contributed by atoms with Crippen LogP contribution in [0.15, 0.2) is 24.3 Å². The second-order valence-corrected chi connectivity index (χ2v) is 2.81. The van der Waals surface area contributed by atoms with E-state index in [1.807, 2.05) is 24.3 Å². The van der Waals surface area contributed by atoms with Crippen LogP contribution in [0, 0.1) is 12.3 Å². The van der Waals surface area contributed by atoms with Gasteiger partial charge in [0, 0.05) is 11.6 Å². The maximum Gasteiger partial charge on any atom is 0.0576 e. The number of hydrogen-bond donors (Lipinski definition) is 1. The maximum atomic E-state index is 5.91. The van der Waals surface area contributed by atoms with E-state index in [0.29, 0.717) is 6.54 Å². The van der Waals surface area contributed by atoms with E-state index < -0.39 is 0 Å². The Bertz CT molecular complexity index is 291. The molecule has 0 saturated heterocycles. The topological polar surface area (TPSA) is 12.0 Å². The molecule has 0 aliphatic heterocycles. The lowest BCUT2D eigenvalue weighted by molar-refractivity contribution is -0.00000236. The standard InChI is InChI=1S/C10H10ClN.ClH/c1-2-7-12-8-9-5-3-4-6-10(9)11;/h1,3-6,12H,7-8H2;1H/p-1. The first-order valence-electron chi connectivity index (χ1n) is 3.72. The third-order valence-corrected chi connectivity index (χ3v) is 1.87. The maximum absolute atomic E-state index is 5.91. The Morgan fingerprint density at radius 3 is 2.69 bits per heavy atom. The number of benzene rings is 1. The Labute approximate surface area is 89.9 Å². The molecule has 0 aliphatic rings. The molecule has 1 N–H and O–H groups in total. The van der Waals surface area contributed by atoms with Crippen LogP contribution in [0.25, 0.3) is 0 Å². The van der Waals surface area contributed by atoms with Gasteiger partial charge in [0.15, 0.2) is 0 Å². The number of hydrogen-bond acceptors (Lipinski definition) is 1. The first-order chi connectivity index (χ1) is 5.84. The zero-order valence-corrected chi connectivity index (χ0v) is 8.57. The molecule has 0 heterocycles. The molecule has 0 fully saturated rings. The molecule has 0 saturated carbocycles. The summed E-state index contributed by atoms with van der Waals surface area (Å²) >= 11 is 5.91. The minimum Gasteiger partial charge on any atom is -1.00 e. The van der Waals surface area contributed by atoms with Crippen LogP contribution < -0.4 is 17.7 Å². The summed E-state index contributed by atoms with van der Waals surface area (Å²) in [5.41, 5.74) is 1.08. The van der Waals surface area contributed by atoms with Gasteiger partial charge in [0.1, 0.15) is 0 Å². The van der Waals surface area contributed by atoms with Crippen molar-refractivity contribution in [2.24, 2.45) is 0 Å². The fourth-order valence-electron chi connectivity index (χ4n) is 0.911. The number of halogens is 2. The fraction of sp³-hybridized carbons (Fsp3) is 0.200. The highest BCUT2D eigenvalue weighted by molar-refractivity contribution is 6.31. The molecule has 1 aromatic carbocycles. The number of terminal acetylenes is 1. The minimum atomic E-state index is 0. The summed E-state index contributed by atoms with van der Waals surface area (Å²) in [6, 6.07) is 7.71. The SMILES string of the molecule is C#CCNCc1ccccc1Cl.[Cl-]. The molecule has 0 aromatic heterocycles. The normalized spacial score (nSPS) is 8.62. The van der Waals surface area contributed by atoms with Crippen LogP contribution in [0.2, 0.25) is 5.02 Å². The molecular weight excluding hydrogens is 205 g/mol.